The molecule has 2 amide bonds. The van der Waals surface area contributed by atoms with Gasteiger partial charge in [0.1, 0.15) is 6.04 Å². The molecule has 6 N–H and O–H groups in total. The monoisotopic (exact) mass is 731 g/mol. The molecule has 11 heteroatoms. The van der Waals surface area contributed by atoms with Gasteiger partial charge < -0.3 is 26.8 Å². The van der Waals surface area contributed by atoms with Crippen molar-refractivity contribution in [3.8, 4) is 0 Å². The van der Waals surface area contributed by atoms with Gasteiger partial charge in [0.25, 0.3) is 0 Å². The van der Waals surface area contributed by atoms with Gasteiger partial charge in [-0.05, 0) is 87.9 Å². The van der Waals surface area contributed by atoms with E-state index in [1.54, 1.807) is 0 Å². The highest BCUT2D eigenvalue weighted by atomic mass is 16.4. The van der Waals surface area contributed by atoms with Crippen LogP contribution in [-0.4, -0.2) is 94.6 Å². The molecule has 5 atom stereocenters. The maximum absolute atomic E-state index is 14.1. The first-order chi connectivity index (χ1) is 25.5. The Morgan fingerprint density at radius 2 is 1.42 bits per heavy atom. The van der Waals surface area contributed by atoms with Crippen LogP contribution in [0.3, 0.4) is 0 Å². The zero-order valence-corrected chi connectivity index (χ0v) is 31.7. The third kappa shape index (κ3) is 12.9. The number of nitrogens with one attached hydrogen (secondary N) is 1. The van der Waals surface area contributed by atoms with Crippen LogP contribution in [0.15, 0.2) is 60.7 Å². The molecule has 0 saturated carbocycles. The number of Topliss-reactive ketones (excluding diaryl/α,β-unsaturated/α-hetero) is 2. The lowest BCUT2D eigenvalue weighted by Gasteiger charge is -2.39. The van der Waals surface area contributed by atoms with Gasteiger partial charge in [-0.3, -0.25) is 28.9 Å². The molecule has 2 fully saturated rings. The first-order valence-electron chi connectivity index (χ1n) is 19.6. The van der Waals surface area contributed by atoms with E-state index in [0.29, 0.717) is 71.0 Å². The first kappa shape index (κ1) is 41.8. The Labute approximate surface area is 315 Å². The van der Waals surface area contributed by atoms with Gasteiger partial charge in [-0.1, -0.05) is 80.9 Å². The van der Waals surface area contributed by atoms with Gasteiger partial charge in [0.2, 0.25) is 11.8 Å². The van der Waals surface area contributed by atoms with E-state index in [9.17, 15) is 29.1 Å². The van der Waals surface area contributed by atoms with Gasteiger partial charge >= 0.3 is 5.97 Å². The highest BCUT2D eigenvalue weighted by Gasteiger charge is 2.39. The van der Waals surface area contributed by atoms with Crippen molar-refractivity contribution in [2.75, 3.05) is 26.2 Å². The van der Waals surface area contributed by atoms with Gasteiger partial charge in [-0.25, -0.2) is 0 Å². The van der Waals surface area contributed by atoms with Crippen molar-refractivity contribution < 1.29 is 29.1 Å². The number of unbranched alkanes of at least 4 members (excludes halogenated alkanes) is 1. The van der Waals surface area contributed by atoms with Crippen molar-refractivity contribution in [3.63, 3.8) is 0 Å². The van der Waals surface area contributed by atoms with Gasteiger partial charge in [-0.15, -0.1) is 0 Å². The summed E-state index contributed by atoms with van der Waals surface area (Å²) in [6.07, 6.45) is 5.89. The molecule has 11 nitrogen and oxygen atoms in total. The van der Waals surface area contributed by atoms with Crippen LogP contribution in [0.4, 0.5) is 0 Å². The molecule has 0 bridgehead atoms. The molecule has 2 heterocycles. The van der Waals surface area contributed by atoms with E-state index in [1.807, 2.05) is 79.4 Å². The Morgan fingerprint density at radius 1 is 0.811 bits per heavy atom. The van der Waals surface area contributed by atoms with Crippen LogP contribution in [0.25, 0.3) is 0 Å². The number of aliphatic carboxylic acids is 1. The third-order valence-corrected chi connectivity index (χ3v) is 10.9. The number of amides is 2. The SMILES string of the molecule is CC(C)C[C@@H](NC(=O)[C@H](CC(=O)[C@H](N)Cc1ccccc1)Cc1ccccc1)C(=O)C[C@H](CCCCN)C(=O)N1CCC(N2CCCC2C(=O)O)CC1. The average Bonchev–Trinajstić information content (AvgIpc) is 3.65. The maximum Gasteiger partial charge on any atom is 0.320 e. The number of likely N-dealkylation sites (tertiary alicyclic amines) is 2. The van der Waals surface area contributed by atoms with Crippen molar-refractivity contribution in [2.45, 2.75) is 115 Å². The van der Waals surface area contributed by atoms with E-state index in [-0.39, 0.29) is 48.2 Å². The van der Waals surface area contributed by atoms with Crippen LogP contribution in [0, 0.1) is 17.8 Å². The van der Waals surface area contributed by atoms with E-state index in [4.69, 9.17) is 11.5 Å². The largest absolute Gasteiger partial charge is 0.480 e. The number of carboxylic acids is 1. The number of benzene rings is 2. The summed E-state index contributed by atoms with van der Waals surface area (Å²) in [5, 5.41) is 12.7. The molecule has 2 aliphatic heterocycles. The predicted octanol–water partition coefficient (Wildman–Crippen LogP) is 4.15. The quantitative estimate of drug-likeness (QED) is 0.138. The zero-order chi connectivity index (χ0) is 38.3. The van der Waals surface area contributed by atoms with Crippen LogP contribution >= 0.6 is 0 Å². The van der Waals surface area contributed by atoms with Crippen LogP contribution < -0.4 is 16.8 Å². The van der Waals surface area contributed by atoms with Crippen LogP contribution in [0.5, 0.6) is 0 Å². The second-order valence-corrected chi connectivity index (χ2v) is 15.5. The van der Waals surface area contributed by atoms with Crippen molar-refractivity contribution in [3.05, 3.63) is 71.8 Å². The molecule has 2 saturated heterocycles. The summed E-state index contributed by atoms with van der Waals surface area (Å²) in [4.78, 5) is 71.4. The minimum Gasteiger partial charge on any atom is -0.480 e. The zero-order valence-electron chi connectivity index (χ0n) is 31.7. The molecule has 0 spiro atoms. The minimum absolute atomic E-state index is 0.00154. The van der Waals surface area contributed by atoms with Crippen molar-refractivity contribution in [2.24, 2.45) is 29.2 Å². The number of carboxylic acid groups (broad SMARTS) is 1. The number of nitrogens with zero attached hydrogens (tertiary/aromatic N) is 2. The highest BCUT2D eigenvalue weighted by molar-refractivity contribution is 5.94. The lowest BCUT2D eigenvalue weighted by molar-refractivity contribution is -0.145. The summed E-state index contributed by atoms with van der Waals surface area (Å²) in [6, 6.07) is 17.1. The van der Waals surface area contributed by atoms with E-state index in [0.717, 1.165) is 30.5 Å². The molecule has 0 aromatic heterocycles. The second-order valence-electron chi connectivity index (χ2n) is 15.5. The highest BCUT2D eigenvalue weighted by Crippen LogP contribution is 2.28. The summed E-state index contributed by atoms with van der Waals surface area (Å²) in [5.74, 6) is -2.82. The molecule has 4 rings (SSSR count). The fourth-order valence-corrected chi connectivity index (χ4v) is 7.96. The van der Waals surface area contributed by atoms with Crippen LogP contribution in [0.1, 0.15) is 89.2 Å². The fourth-order valence-electron chi connectivity index (χ4n) is 7.96. The predicted molar refractivity (Wildman–Crippen MR) is 206 cm³/mol. The van der Waals surface area contributed by atoms with E-state index >= 15 is 0 Å². The van der Waals surface area contributed by atoms with Gasteiger partial charge in [0.15, 0.2) is 11.6 Å². The number of hydrogen-bond acceptors (Lipinski definition) is 8. The molecule has 0 radical (unpaired) electrons. The Balaban J connectivity index is 1.45. The topological polar surface area (TPSA) is 176 Å². The lowest BCUT2D eigenvalue weighted by atomic mass is 9.87. The Bertz CT molecular complexity index is 1480. The van der Waals surface area contributed by atoms with Gasteiger partial charge in [-0.2, -0.15) is 0 Å². The fraction of sp³-hybridized carbons (Fsp3) is 0.595. The summed E-state index contributed by atoms with van der Waals surface area (Å²) in [5.41, 5.74) is 14.0. The molecule has 2 aromatic carbocycles. The molecule has 53 heavy (non-hydrogen) atoms. The van der Waals surface area contributed by atoms with Crippen LogP contribution in [0.2, 0.25) is 0 Å². The Morgan fingerprint density at radius 3 is 2.00 bits per heavy atom. The van der Waals surface area contributed by atoms with E-state index in [2.05, 4.69) is 10.2 Å². The van der Waals surface area contributed by atoms with E-state index < -0.39 is 35.9 Å². The summed E-state index contributed by atoms with van der Waals surface area (Å²) < 4.78 is 0. The number of ketones is 2. The minimum atomic E-state index is -0.812. The number of hydrogen-bond donors (Lipinski definition) is 4. The normalized spacial score (nSPS) is 19.0. The smallest absolute Gasteiger partial charge is 0.320 e. The molecule has 2 aromatic rings. The summed E-state index contributed by atoms with van der Waals surface area (Å²) in [6.45, 7) is 6.26. The van der Waals surface area contributed by atoms with Gasteiger partial charge in [0.05, 0.1) is 12.1 Å². The van der Waals surface area contributed by atoms with Crippen molar-refractivity contribution in [1.29, 1.82) is 0 Å². The van der Waals surface area contributed by atoms with Crippen molar-refractivity contribution in [1.82, 2.24) is 15.1 Å². The molecule has 0 aliphatic carbocycles. The molecule has 2 aliphatic rings. The standard InChI is InChI=1S/C42H61N5O6/c1-29(2)24-36(45-40(50)33(25-30-12-5-3-6-13-30)28-38(48)35(44)26-31-14-7-4-8-15-31)39(49)27-32(16-9-10-20-43)41(51)46-22-18-34(19-23-46)47-21-11-17-37(47)42(52)53/h3-8,12-15,29,32-37H,9-11,16-28,43-44H2,1-2H3,(H,45,50)(H,52,53)/t32-,33-,35+,36+,37?/m0/s1. The lowest BCUT2D eigenvalue weighted by Crippen LogP contribution is -2.51. The second kappa shape index (κ2) is 21.1. The Kier molecular flexibility index (Phi) is 16.6. The first-order valence-corrected chi connectivity index (χ1v) is 19.6. The maximum atomic E-state index is 14.1. The molecular formula is C42H61N5O6. The summed E-state index contributed by atoms with van der Waals surface area (Å²) >= 11 is 0. The van der Waals surface area contributed by atoms with Crippen LogP contribution in [-0.2, 0) is 36.8 Å². The molecule has 290 valence electrons. The van der Waals surface area contributed by atoms with Crippen molar-refractivity contribution >= 4 is 29.4 Å². The number of rotatable bonds is 21. The molecular weight excluding hydrogens is 670 g/mol. The van der Waals surface area contributed by atoms with E-state index in [1.165, 1.54) is 0 Å². The number of piperidine rings is 1. The number of carbonyl (C=O) groups is 5. The molecule has 1 unspecified atom stereocenters. The third-order valence-electron chi connectivity index (χ3n) is 10.9. The average molecular weight is 732 g/mol. The van der Waals surface area contributed by atoms with Gasteiger partial charge in [0, 0.05) is 43.8 Å². The number of carbonyl (C=O) groups excluding carboxylic acids is 4. The Hall–Kier alpha value is -3.93. The number of nitrogens with two attached hydrogens (primary N) is 2. The summed E-state index contributed by atoms with van der Waals surface area (Å²) in [7, 11) is 0.